The number of halogens is 2. The van der Waals surface area contributed by atoms with Crippen molar-refractivity contribution in [3.8, 4) is 0 Å². The highest BCUT2D eigenvalue weighted by atomic mass is 19.3. The maximum absolute atomic E-state index is 12.0. The Morgan fingerprint density at radius 1 is 1.80 bits per heavy atom. The molecule has 0 aromatic heterocycles. The predicted octanol–water partition coefficient (Wildman–Crippen LogP) is 0.635. The van der Waals surface area contributed by atoms with E-state index in [2.05, 4.69) is 0 Å². The highest BCUT2D eigenvalue weighted by Gasteiger charge is 2.36. The number of carbonyl (C=O) groups excluding carboxylic acids is 1. The zero-order valence-corrected chi connectivity index (χ0v) is 5.01. The fraction of sp³-hybridized carbons (Fsp3) is 0.667. The Hall–Kier alpha value is -1.36. The van der Waals surface area contributed by atoms with Crippen LogP contribution in [-0.2, 0) is 4.79 Å². The maximum Gasteiger partial charge on any atom is 0.401 e. The smallest absolute Gasteiger partial charge is 0.354 e. The van der Waals surface area contributed by atoms with Crippen LogP contribution in [0.1, 0.15) is 0 Å². The van der Waals surface area contributed by atoms with Crippen LogP contribution in [0.3, 0.4) is 0 Å². The van der Waals surface area contributed by atoms with Crippen molar-refractivity contribution in [3.63, 3.8) is 0 Å². The van der Waals surface area contributed by atoms with Gasteiger partial charge >= 0.3 is 6.05 Å². The molecule has 0 aliphatic heterocycles. The minimum absolute atomic E-state index is 1.02. The molecule has 0 aliphatic carbocycles. The largest absolute Gasteiger partial charge is 0.401 e. The second kappa shape index (κ2) is 2.98. The first-order valence-corrected chi connectivity index (χ1v) is 2.21. The average Bonchev–Trinajstić information content (AvgIpc) is 1.86. The summed E-state index contributed by atoms with van der Waals surface area (Å²) in [5.41, 5.74) is 7.54. The predicted molar refractivity (Wildman–Crippen MR) is 28.2 cm³/mol. The van der Waals surface area contributed by atoms with Gasteiger partial charge in [0.2, 0.25) is 0 Å². The van der Waals surface area contributed by atoms with Gasteiger partial charge in [-0.3, -0.25) is 4.79 Å². The van der Waals surface area contributed by atoms with Crippen molar-refractivity contribution in [2.45, 2.75) is 6.05 Å². The van der Waals surface area contributed by atoms with E-state index in [0.717, 1.165) is 7.05 Å². The number of hydrogen-bond donors (Lipinski definition) is 1. The Labute approximate surface area is 54.6 Å². The SMILES string of the molecule is CNC(=O)C(F)(F)N=[N+]=[N-]. The molecule has 0 bridgehead atoms. The Morgan fingerprint density at radius 2 is 2.30 bits per heavy atom. The maximum atomic E-state index is 12.0. The number of likely N-dealkylation sites (N-methyl/N-ethyl adjacent to an activating group) is 1. The summed E-state index contributed by atoms with van der Waals surface area (Å²) >= 11 is 0. The third-order valence-electron chi connectivity index (χ3n) is 0.671. The zero-order chi connectivity index (χ0) is 8.20. The second-order valence-corrected chi connectivity index (χ2v) is 1.31. The van der Waals surface area contributed by atoms with E-state index >= 15 is 0 Å². The third-order valence-corrected chi connectivity index (χ3v) is 0.671. The Bertz CT molecular complexity index is 185. The average molecular weight is 150 g/mol. The Kier molecular flexibility index (Phi) is 2.57. The zero-order valence-electron chi connectivity index (χ0n) is 5.01. The molecular weight excluding hydrogens is 146 g/mol. The molecule has 0 aliphatic rings. The van der Waals surface area contributed by atoms with Crippen LogP contribution in [0.15, 0.2) is 5.11 Å². The molecule has 10 heavy (non-hydrogen) atoms. The molecule has 1 amide bonds. The second-order valence-electron chi connectivity index (χ2n) is 1.31. The van der Waals surface area contributed by atoms with E-state index in [0.29, 0.717) is 0 Å². The summed E-state index contributed by atoms with van der Waals surface area (Å²) in [7, 11) is 1.02. The van der Waals surface area contributed by atoms with Crippen LogP contribution in [0.2, 0.25) is 0 Å². The molecule has 0 unspecified atom stereocenters. The first-order valence-electron chi connectivity index (χ1n) is 2.21. The third kappa shape index (κ3) is 1.87. The van der Waals surface area contributed by atoms with Gasteiger partial charge in [0.15, 0.2) is 0 Å². The molecule has 0 aromatic rings. The first kappa shape index (κ1) is 8.64. The van der Waals surface area contributed by atoms with Crippen molar-refractivity contribution in [2.75, 3.05) is 7.05 Å². The minimum atomic E-state index is -3.98. The summed E-state index contributed by atoms with van der Waals surface area (Å²) in [5.74, 6) is -1.62. The summed E-state index contributed by atoms with van der Waals surface area (Å²) in [6.45, 7) is 0. The van der Waals surface area contributed by atoms with Gasteiger partial charge in [0.1, 0.15) is 0 Å². The van der Waals surface area contributed by atoms with Crippen molar-refractivity contribution < 1.29 is 13.6 Å². The van der Waals surface area contributed by atoms with Crippen molar-refractivity contribution in [2.24, 2.45) is 5.11 Å². The molecule has 0 aromatic carbocycles. The normalized spacial score (nSPS) is 9.90. The van der Waals surface area contributed by atoms with Crippen LogP contribution < -0.4 is 5.32 Å². The summed E-state index contributed by atoms with van der Waals surface area (Å²) in [6.07, 6.45) is 0. The lowest BCUT2D eigenvalue weighted by Gasteiger charge is -2.05. The fourth-order valence-electron chi connectivity index (χ4n) is 0.252. The van der Waals surface area contributed by atoms with Crippen LogP contribution >= 0.6 is 0 Å². The number of alkyl halides is 2. The monoisotopic (exact) mass is 150 g/mol. The van der Waals surface area contributed by atoms with E-state index in [4.69, 9.17) is 5.53 Å². The minimum Gasteiger partial charge on any atom is -0.354 e. The van der Waals surface area contributed by atoms with Gasteiger partial charge in [-0.1, -0.05) is 0 Å². The standard InChI is InChI=1S/C3H4F2N4O/c1-7-2(10)3(4,5)8-9-6/h1H3,(H,7,10). The van der Waals surface area contributed by atoms with E-state index in [1.165, 1.54) is 0 Å². The van der Waals surface area contributed by atoms with E-state index in [1.807, 2.05) is 5.11 Å². The number of nitrogens with zero attached hydrogens (tertiary/aromatic N) is 3. The fourth-order valence-corrected chi connectivity index (χ4v) is 0.252. The van der Waals surface area contributed by atoms with Crippen LogP contribution in [0, 0.1) is 0 Å². The Balaban J connectivity index is 4.38. The van der Waals surface area contributed by atoms with Crippen LogP contribution in [0.5, 0.6) is 0 Å². The van der Waals surface area contributed by atoms with Crippen molar-refractivity contribution in [1.29, 1.82) is 0 Å². The molecule has 0 heterocycles. The van der Waals surface area contributed by atoms with Gasteiger partial charge in [0.05, 0.1) is 0 Å². The molecule has 7 heteroatoms. The highest BCUT2D eigenvalue weighted by Crippen LogP contribution is 2.14. The molecule has 0 radical (unpaired) electrons. The summed E-state index contributed by atoms with van der Waals surface area (Å²) < 4.78 is 24.0. The molecule has 0 atom stereocenters. The van der Waals surface area contributed by atoms with E-state index in [9.17, 15) is 13.6 Å². The van der Waals surface area contributed by atoms with E-state index in [1.54, 1.807) is 10.2 Å². The molecule has 0 fully saturated rings. The van der Waals surface area contributed by atoms with Crippen molar-refractivity contribution in [1.82, 2.24) is 5.32 Å². The quantitative estimate of drug-likeness (QED) is 0.266. The molecule has 0 saturated carbocycles. The molecule has 0 spiro atoms. The number of rotatable bonds is 2. The molecule has 0 rings (SSSR count). The van der Waals surface area contributed by atoms with Gasteiger partial charge in [-0.05, 0) is 10.6 Å². The first-order chi connectivity index (χ1) is 4.54. The molecular formula is C3H4F2N4O. The molecule has 56 valence electrons. The van der Waals surface area contributed by atoms with Crippen molar-refractivity contribution >= 4 is 5.91 Å². The van der Waals surface area contributed by atoms with Gasteiger partial charge < -0.3 is 5.32 Å². The van der Waals surface area contributed by atoms with Gasteiger partial charge in [-0.25, -0.2) is 0 Å². The lowest BCUT2D eigenvalue weighted by Crippen LogP contribution is -2.35. The van der Waals surface area contributed by atoms with Crippen LogP contribution in [0.4, 0.5) is 8.78 Å². The van der Waals surface area contributed by atoms with E-state index in [-0.39, 0.29) is 0 Å². The Morgan fingerprint density at radius 3 is 2.60 bits per heavy atom. The molecule has 0 saturated heterocycles. The lowest BCUT2D eigenvalue weighted by atomic mass is 10.5. The molecule has 5 nitrogen and oxygen atoms in total. The number of carbonyl (C=O) groups is 1. The van der Waals surface area contributed by atoms with Gasteiger partial charge in [-0.15, -0.1) is 0 Å². The van der Waals surface area contributed by atoms with Gasteiger partial charge in [0, 0.05) is 12.0 Å². The van der Waals surface area contributed by atoms with Gasteiger partial charge in [0.25, 0.3) is 5.91 Å². The lowest BCUT2D eigenvalue weighted by molar-refractivity contribution is -0.143. The summed E-state index contributed by atoms with van der Waals surface area (Å²) in [5, 5.41) is 3.60. The van der Waals surface area contributed by atoms with Crippen molar-refractivity contribution in [3.05, 3.63) is 10.4 Å². The highest BCUT2D eigenvalue weighted by molar-refractivity contribution is 5.82. The summed E-state index contributed by atoms with van der Waals surface area (Å²) in [6, 6.07) is -3.98. The summed E-state index contributed by atoms with van der Waals surface area (Å²) in [4.78, 5) is 11.9. The van der Waals surface area contributed by atoms with Crippen LogP contribution in [0.25, 0.3) is 10.4 Å². The number of azide groups is 1. The molecule has 1 N–H and O–H groups in total. The van der Waals surface area contributed by atoms with Crippen LogP contribution in [-0.4, -0.2) is 19.0 Å². The number of nitrogens with one attached hydrogen (secondary N) is 1. The topological polar surface area (TPSA) is 77.9 Å². The van der Waals surface area contributed by atoms with E-state index < -0.39 is 12.0 Å². The number of hydrogen-bond acceptors (Lipinski definition) is 2. The number of amides is 1. The van der Waals surface area contributed by atoms with Gasteiger partial charge in [-0.2, -0.15) is 8.78 Å².